The first-order valence-corrected chi connectivity index (χ1v) is 10.6. The van der Waals surface area contributed by atoms with Crippen LogP contribution in [0.1, 0.15) is 28.4 Å². The highest BCUT2D eigenvalue weighted by atomic mass is 16.5. The number of benzene rings is 2. The number of rotatable bonds is 9. The molecule has 1 aliphatic heterocycles. The number of hydrogen-bond acceptors (Lipinski definition) is 6. The molecule has 1 unspecified atom stereocenters. The van der Waals surface area contributed by atoms with Crippen LogP contribution in [0.25, 0.3) is 0 Å². The molecule has 0 fully saturated rings. The fourth-order valence-electron chi connectivity index (χ4n) is 3.99. The number of aromatic hydroxyl groups is 1. The standard InChI is InChI=1S/C25H25N3O5/c1-32-19-7-4-17(5-8-19)25(31)20-15-23(30)28(12-3-11-27-13-10-26-16-27)24(20)18-6-9-21(29)22(14-18)33-2/h4-10,13-16,24,29H,3,11-12H2,1-2H3. The first kappa shape index (κ1) is 22.1. The Labute approximate surface area is 191 Å². The van der Waals surface area contributed by atoms with Gasteiger partial charge in [-0.15, -0.1) is 0 Å². The van der Waals surface area contributed by atoms with Gasteiger partial charge in [-0.3, -0.25) is 9.59 Å². The number of aryl methyl sites for hydroxylation is 1. The molecule has 3 aromatic rings. The third-order valence-corrected chi connectivity index (χ3v) is 5.68. The minimum absolute atomic E-state index is 0.00996. The van der Waals surface area contributed by atoms with Crippen molar-refractivity contribution < 1.29 is 24.2 Å². The van der Waals surface area contributed by atoms with Crippen molar-refractivity contribution in [2.24, 2.45) is 0 Å². The molecule has 1 amide bonds. The van der Waals surface area contributed by atoms with Gasteiger partial charge in [0.05, 0.1) is 26.6 Å². The molecule has 2 aromatic carbocycles. The molecule has 33 heavy (non-hydrogen) atoms. The first-order valence-electron chi connectivity index (χ1n) is 10.6. The van der Waals surface area contributed by atoms with Crippen LogP contribution in [0.4, 0.5) is 0 Å². The van der Waals surface area contributed by atoms with Crippen LogP contribution in [0.3, 0.4) is 0 Å². The summed E-state index contributed by atoms with van der Waals surface area (Å²) >= 11 is 0. The molecule has 1 aromatic heterocycles. The summed E-state index contributed by atoms with van der Waals surface area (Å²) in [6, 6.07) is 11.1. The summed E-state index contributed by atoms with van der Waals surface area (Å²) in [5.74, 6) is 0.448. The number of ketones is 1. The second-order valence-electron chi connectivity index (χ2n) is 7.68. The van der Waals surface area contributed by atoms with Crippen LogP contribution in [0.2, 0.25) is 0 Å². The molecule has 0 radical (unpaired) electrons. The number of amides is 1. The molecule has 0 saturated heterocycles. The maximum Gasteiger partial charge on any atom is 0.247 e. The molecule has 2 heterocycles. The fraction of sp³-hybridized carbons (Fsp3) is 0.240. The van der Waals surface area contributed by atoms with Crippen molar-refractivity contribution in [2.45, 2.75) is 19.0 Å². The summed E-state index contributed by atoms with van der Waals surface area (Å²) in [6.07, 6.45) is 7.40. The van der Waals surface area contributed by atoms with Gasteiger partial charge in [0.25, 0.3) is 0 Å². The number of carbonyl (C=O) groups is 2. The first-order chi connectivity index (χ1) is 16.0. The molecular weight excluding hydrogens is 422 g/mol. The summed E-state index contributed by atoms with van der Waals surface area (Å²) in [5, 5.41) is 10.0. The van der Waals surface area contributed by atoms with E-state index in [4.69, 9.17) is 9.47 Å². The molecule has 1 N–H and O–H groups in total. The van der Waals surface area contributed by atoms with Crippen molar-refractivity contribution >= 4 is 11.7 Å². The molecule has 0 aliphatic carbocycles. The van der Waals surface area contributed by atoms with Crippen molar-refractivity contribution in [3.8, 4) is 17.2 Å². The number of phenols is 1. The Morgan fingerprint density at radius 2 is 1.88 bits per heavy atom. The second kappa shape index (κ2) is 9.60. The number of nitrogens with zero attached hydrogens (tertiary/aromatic N) is 3. The zero-order chi connectivity index (χ0) is 23.4. The van der Waals surface area contributed by atoms with E-state index >= 15 is 0 Å². The molecule has 8 heteroatoms. The summed E-state index contributed by atoms with van der Waals surface area (Å²) < 4.78 is 12.4. The molecular formula is C25H25N3O5. The van der Waals surface area contributed by atoms with Crippen molar-refractivity contribution in [3.05, 3.63) is 84.0 Å². The van der Waals surface area contributed by atoms with E-state index in [-0.39, 0.29) is 23.2 Å². The maximum absolute atomic E-state index is 13.4. The lowest BCUT2D eigenvalue weighted by molar-refractivity contribution is -0.126. The van der Waals surface area contributed by atoms with E-state index in [2.05, 4.69) is 4.98 Å². The van der Waals surface area contributed by atoms with Crippen LogP contribution in [0.15, 0.2) is 72.8 Å². The van der Waals surface area contributed by atoms with Gasteiger partial charge in [-0.1, -0.05) is 6.07 Å². The number of imidazole rings is 1. The normalized spacial score (nSPS) is 15.5. The lowest BCUT2D eigenvalue weighted by Gasteiger charge is -2.28. The maximum atomic E-state index is 13.4. The van der Waals surface area contributed by atoms with Gasteiger partial charge in [-0.25, -0.2) is 4.98 Å². The van der Waals surface area contributed by atoms with E-state index in [1.807, 2.05) is 10.8 Å². The lowest BCUT2D eigenvalue weighted by Crippen LogP contribution is -2.32. The highest BCUT2D eigenvalue weighted by Gasteiger charge is 2.37. The SMILES string of the molecule is COc1ccc(C(=O)C2=CC(=O)N(CCCn3ccnc3)C2c2ccc(O)c(OC)c2)cc1. The third kappa shape index (κ3) is 4.59. The zero-order valence-electron chi connectivity index (χ0n) is 18.5. The van der Waals surface area contributed by atoms with Crippen LogP contribution in [0.5, 0.6) is 17.2 Å². The van der Waals surface area contributed by atoms with Crippen LogP contribution >= 0.6 is 0 Å². The van der Waals surface area contributed by atoms with E-state index in [1.165, 1.54) is 19.3 Å². The quantitative estimate of drug-likeness (QED) is 0.506. The van der Waals surface area contributed by atoms with Crippen LogP contribution in [-0.4, -0.2) is 52.0 Å². The van der Waals surface area contributed by atoms with Gasteiger partial charge in [0, 0.05) is 42.7 Å². The van der Waals surface area contributed by atoms with Crippen molar-refractivity contribution in [2.75, 3.05) is 20.8 Å². The predicted octanol–water partition coefficient (Wildman–Crippen LogP) is 3.39. The Morgan fingerprint density at radius 3 is 2.55 bits per heavy atom. The number of ether oxygens (including phenoxy) is 2. The molecule has 0 saturated carbocycles. The minimum Gasteiger partial charge on any atom is -0.504 e. The molecule has 4 rings (SSSR count). The average Bonchev–Trinajstić information content (AvgIpc) is 3.47. The van der Waals surface area contributed by atoms with Gasteiger partial charge in [0.15, 0.2) is 17.3 Å². The van der Waals surface area contributed by atoms with Gasteiger partial charge in [0.2, 0.25) is 5.91 Å². The zero-order valence-corrected chi connectivity index (χ0v) is 18.5. The van der Waals surface area contributed by atoms with Crippen LogP contribution < -0.4 is 9.47 Å². The number of aromatic nitrogens is 2. The summed E-state index contributed by atoms with van der Waals surface area (Å²) in [5.41, 5.74) is 1.53. The van der Waals surface area contributed by atoms with Gasteiger partial charge in [0.1, 0.15) is 5.75 Å². The predicted molar refractivity (Wildman–Crippen MR) is 121 cm³/mol. The van der Waals surface area contributed by atoms with E-state index in [1.54, 1.807) is 60.9 Å². The average molecular weight is 447 g/mol. The van der Waals surface area contributed by atoms with Crippen LogP contribution in [-0.2, 0) is 11.3 Å². The smallest absolute Gasteiger partial charge is 0.247 e. The molecule has 1 aliphatic rings. The number of carbonyl (C=O) groups excluding carboxylic acids is 2. The molecule has 0 bridgehead atoms. The number of methoxy groups -OCH3 is 2. The van der Waals surface area contributed by atoms with E-state index in [9.17, 15) is 14.7 Å². The van der Waals surface area contributed by atoms with Crippen LogP contribution in [0, 0.1) is 0 Å². The van der Waals surface area contributed by atoms with Gasteiger partial charge >= 0.3 is 0 Å². The van der Waals surface area contributed by atoms with Crippen molar-refractivity contribution in [1.29, 1.82) is 0 Å². The Bertz CT molecular complexity index is 1170. The fourth-order valence-corrected chi connectivity index (χ4v) is 3.99. The van der Waals surface area contributed by atoms with Gasteiger partial charge in [-0.05, 0) is 48.4 Å². The topological polar surface area (TPSA) is 93.9 Å². The number of hydrogen-bond donors (Lipinski definition) is 1. The summed E-state index contributed by atoms with van der Waals surface area (Å²) in [7, 11) is 3.02. The van der Waals surface area contributed by atoms with Crippen molar-refractivity contribution in [3.63, 3.8) is 0 Å². The Hall–Kier alpha value is -4.07. The largest absolute Gasteiger partial charge is 0.504 e. The van der Waals surface area contributed by atoms with E-state index in [0.29, 0.717) is 42.0 Å². The molecule has 1 atom stereocenters. The minimum atomic E-state index is -0.593. The van der Waals surface area contributed by atoms with Gasteiger partial charge in [-0.2, -0.15) is 0 Å². The Kier molecular flexibility index (Phi) is 6.44. The molecule has 170 valence electrons. The number of Topliss-reactive ketones (excluding diaryl/α,β-unsaturated/α-hetero) is 1. The Morgan fingerprint density at radius 1 is 1.09 bits per heavy atom. The lowest BCUT2D eigenvalue weighted by atomic mass is 9.93. The summed E-state index contributed by atoms with van der Waals surface area (Å²) in [6.45, 7) is 1.14. The number of phenolic OH excluding ortho intramolecular Hbond substituents is 1. The second-order valence-corrected chi connectivity index (χ2v) is 7.68. The third-order valence-electron chi connectivity index (χ3n) is 5.68. The van der Waals surface area contributed by atoms with Crippen molar-refractivity contribution in [1.82, 2.24) is 14.5 Å². The summed E-state index contributed by atoms with van der Waals surface area (Å²) in [4.78, 5) is 32.1. The highest BCUT2D eigenvalue weighted by molar-refractivity contribution is 6.15. The Balaban J connectivity index is 1.65. The monoisotopic (exact) mass is 447 g/mol. The van der Waals surface area contributed by atoms with E-state index in [0.717, 1.165) is 0 Å². The van der Waals surface area contributed by atoms with Gasteiger partial charge < -0.3 is 24.0 Å². The molecule has 8 nitrogen and oxygen atoms in total. The highest BCUT2D eigenvalue weighted by Crippen LogP contribution is 2.39. The molecule has 0 spiro atoms. The van der Waals surface area contributed by atoms with E-state index < -0.39 is 6.04 Å².